The van der Waals surface area contributed by atoms with Crippen LogP contribution in [0.25, 0.3) is 21.7 Å². The molecule has 0 unspecified atom stereocenters. The van der Waals surface area contributed by atoms with Crippen LogP contribution >= 0.6 is 0 Å². The third-order valence-corrected chi connectivity index (χ3v) is 7.15. The van der Waals surface area contributed by atoms with Gasteiger partial charge in [0.1, 0.15) is 5.75 Å². The highest BCUT2D eigenvalue weighted by atomic mass is 16.5. The summed E-state index contributed by atoms with van der Waals surface area (Å²) < 4.78 is 12.0. The molecule has 3 heteroatoms. The standard InChI is InChI=1S/C33H49NO2/c1-3-5-7-9-11-12-14-15-17-25-35-29-20-21-30-28(27-29)19-23-32-31(30)22-24-33(34-32)36-26-18-16-13-10-8-6-4-2/h19-24,27H,3-18,25-26H2,1-2H3. The van der Waals surface area contributed by atoms with Gasteiger partial charge in [0.15, 0.2) is 0 Å². The number of rotatable bonds is 20. The van der Waals surface area contributed by atoms with Crippen molar-refractivity contribution in [3.8, 4) is 11.6 Å². The van der Waals surface area contributed by atoms with Crippen molar-refractivity contribution in [3.05, 3.63) is 42.5 Å². The summed E-state index contributed by atoms with van der Waals surface area (Å²) in [5, 5.41) is 3.58. The highest BCUT2D eigenvalue weighted by Crippen LogP contribution is 2.29. The molecule has 3 rings (SSSR count). The van der Waals surface area contributed by atoms with E-state index in [-0.39, 0.29) is 0 Å². The van der Waals surface area contributed by atoms with Crippen molar-refractivity contribution in [2.75, 3.05) is 13.2 Å². The van der Waals surface area contributed by atoms with E-state index in [1.165, 1.54) is 106 Å². The fraction of sp³-hybridized carbons (Fsp3) is 0.606. The molecule has 0 atom stereocenters. The molecule has 0 aliphatic carbocycles. The molecule has 1 heterocycles. The SMILES string of the molecule is CCCCCCCCCCCOc1ccc2c(ccc3nc(OCCCCCCCCC)ccc32)c1. The van der Waals surface area contributed by atoms with Crippen LogP contribution in [0, 0.1) is 0 Å². The van der Waals surface area contributed by atoms with E-state index in [2.05, 4.69) is 50.2 Å². The molecule has 3 aromatic rings. The predicted octanol–water partition coefficient (Wildman–Crippen LogP) is 10.4. The Kier molecular flexibility index (Phi) is 13.5. The van der Waals surface area contributed by atoms with Crippen molar-refractivity contribution < 1.29 is 9.47 Å². The molecule has 0 spiro atoms. The summed E-state index contributed by atoms with van der Waals surface area (Å²) in [5.41, 5.74) is 0.989. The van der Waals surface area contributed by atoms with Crippen molar-refractivity contribution in [1.82, 2.24) is 4.98 Å². The van der Waals surface area contributed by atoms with Crippen molar-refractivity contribution in [2.45, 2.75) is 117 Å². The molecule has 0 aliphatic rings. The van der Waals surface area contributed by atoms with Crippen LogP contribution in [0.2, 0.25) is 0 Å². The molecule has 0 aliphatic heterocycles. The Morgan fingerprint density at radius 1 is 0.528 bits per heavy atom. The Morgan fingerprint density at radius 3 is 1.72 bits per heavy atom. The van der Waals surface area contributed by atoms with Gasteiger partial charge >= 0.3 is 0 Å². The van der Waals surface area contributed by atoms with Crippen LogP contribution in [0.3, 0.4) is 0 Å². The molecule has 0 amide bonds. The maximum absolute atomic E-state index is 6.06. The lowest BCUT2D eigenvalue weighted by Crippen LogP contribution is -1.99. The third-order valence-electron chi connectivity index (χ3n) is 7.15. The normalized spacial score (nSPS) is 11.4. The maximum Gasteiger partial charge on any atom is 0.213 e. The Morgan fingerprint density at radius 2 is 1.08 bits per heavy atom. The van der Waals surface area contributed by atoms with Crippen LogP contribution < -0.4 is 9.47 Å². The van der Waals surface area contributed by atoms with E-state index in [1.807, 2.05) is 6.07 Å². The number of fused-ring (bicyclic) bond motifs is 3. The molecule has 0 radical (unpaired) electrons. The summed E-state index contributed by atoms with van der Waals surface area (Å²) in [6.45, 7) is 6.09. The van der Waals surface area contributed by atoms with Gasteiger partial charge in [-0.3, -0.25) is 0 Å². The monoisotopic (exact) mass is 491 g/mol. The number of hydrogen-bond acceptors (Lipinski definition) is 3. The first-order chi connectivity index (χ1) is 17.8. The molecule has 0 bridgehead atoms. The molecular weight excluding hydrogens is 442 g/mol. The molecule has 0 fully saturated rings. The Balaban J connectivity index is 1.40. The van der Waals surface area contributed by atoms with Crippen LogP contribution in [-0.2, 0) is 0 Å². The van der Waals surface area contributed by atoms with E-state index in [1.54, 1.807) is 0 Å². The second kappa shape index (κ2) is 17.2. The fourth-order valence-corrected chi connectivity index (χ4v) is 4.91. The molecule has 0 N–H and O–H groups in total. The fourth-order valence-electron chi connectivity index (χ4n) is 4.91. The van der Waals surface area contributed by atoms with Gasteiger partial charge in [0.05, 0.1) is 18.7 Å². The van der Waals surface area contributed by atoms with Gasteiger partial charge in [-0.1, -0.05) is 116 Å². The van der Waals surface area contributed by atoms with E-state index in [4.69, 9.17) is 14.5 Å². The Hall–Kier alpha value is -2.29. The minimum atomic E-state index is 0.730. The summed E-state index contributed by atoms with van der Waals surface area (Å²) in [7, 11) is 0. The first-order valence-corrected chi connectivity index (χ1v) is 14.9. The number of ether oxygens (including phenoxy) is 2. The predicted molar refractivity (Wildman–Crippen MR) is 155 cm³/mol. The van der Waals surface area contributed by atoms with E-state index in [0.717, 1.165) is 43.2 Å². The molecule has 0 saturated heterocycles. The van der Waals surface area contributed by atoms with E-state index < -0.39 is 0 Å². The first-order valence-electron chi connectivity index (χ1n) is 14.9. The molecule has 0 saturated carbocycles. The van der Waals surface area contributed by atoms with Gasteiger partial charge in [-0.15, -0.1) is 0 Å². The van der Waals surface area contributed by atoms with Gasteiger partial charge < -0.3 is 9.47 Å². The zero-order chi connectivity index (χ0) is 25.3. The summed E-state index contributed by atoms with van der Waals surface area (Å²) in [6.07, 6.45) is 21.0. The lowest BCUT2D eigenvalue weighted by Gasteiger charge is -2.10. The van der Waals surface area contributed by atoms with Crippen LogP contribution in [0.1, 0.15) is 117 Å². The van der Waals surface area contributed by atoms with Crippen LogP contribution in [-0.4, -0.2) is 18.2 Å². The quantitative estimate of drug-likeness (QED) is 0.116. The van der Waals surface area contributed by atoms with Crippen molar-refractivity contribution in [1.29, 1.82) is 0 Å². The zero-order valence-electron chi connectivity index (χ0n) is 23.0. The highest BCUT2D eigenvalue weighted by Gasteiger charge is 2.06. The number of benzene rings is 2. The van der Waals surface area contributed by atoms with Crippen LogP contribution in [0.15, 0.2) is 42.5 Å². The van der Waals surface area contributed by atoms with Crippen molar-refractivity contribution >= 4 is 21.7 Å². The van der Waals surface area contributed by atoms with E-state index >= 15 is 0 Å². The van der Waals surface area contributed by atoms with Gasteiger partial charge in [-0.25, -0.2) is 4.98 Å². The van der Waals surface area contributed by atoms with Gasteiger partial charge in [0, 0.05) is 11.5 Å². The molecule has 1 aromatic heterocycles. The number of aromatic nitrogens is 1. The van der Waals surface area contributed by atoms with Gasteiger partial charge in [-0.05, 0) is 47.9 Å². The summed E-state index contributed by atoms with van der Waals surface area (Å²) in [5.74, 6) is 1.69. The molecule has 36 heavy (non-hydrogen) atoms. The average molecular weight is 492 g/mol. The first kappa shape index (κ1) is 28.3. The lowest BCUT2D eigenvalue weighted by atomic mass is 10.0. The third kappa shape index (κ3) is 9.99. The molecule has 3 nitrogen and oxygen atoms in total. The minimum Gasteiger partial charge on any atom is -0.494 e. The Labute approximate surface area is 220 Å². The topological polar surface area (TPSA) is 31.4 Å². The summed E-state index contributed by atoms with van der Waals surface area (Å²) >= 11 is 0. The summed E-state index contributed by atoms with van der Waals surface area (Å²) in [4.78, 5) is 4.76. The second-order valence-corrected chi connectivity index (χ2v) is 10.3. The van der Waals surface area contributed by atoms with Crippen molar-refractivity contribution in [2.24, 2.45) is 0 Å². The van der Waals surface area contributed by atoms with Crippen LogP contribution in [0.5, 0.6) is 11.6 Å². The second-order valence-electron chi connectivity index (χ2n) is 10.3. The van der Waals surface area contributed by atoms with E-state index in [0.29, 0.717) is 0 Å². The number of unbranched alkanes of at least 4 members (excludes halogenated alkanes) is 14. The number of hydrogen-bond donors (Lipinski definition) is 0. The Bertz CT molecular complexity index is 1000. The van der Waals surface area contributed by atoms with Crippen LogP contribution in [0.4, 0.5) is 0 Å². The lowest BCUT2D eigenvalue weighted by molar-refractivity contribution is 0.294. The largest absolute Gasteiger partial charge is 0.494 e. The van der Waals surface area contributed by atoms with Gasteiger partial charge in [0.2, 0.25) is 5.88 Å². The molecule has 2 aromatic carbocycles. The van der Waals surface area contributed by atoms with Gasteiger partial charge in [0.25, 0.3) is 0 Å². The minimum absolute atomic E-state index is 0.730. The van der Waals surface area contributed by atoms with Crippen molar-refractivity contribution in [3.63, 3.8) is 0 Å². The van der Waals surface area contributed by atoms with Gasteiger partial charge in [-0.2, -0.15) is 0 Å². The number of nitrogens with zero attached hydrogens (tertiary/aromatic N) is 1. The molecule has 198 valence electrons. The highest BCUT2D eigenvalue weighted by molar-refractivity contribution is 6.06. The zero-order valence-corrected chi connectivity index (χ0v) is 23.0. The average Bonchev–Trinajstić information content (AvgIpc) is 2.91. The smallest absolute Gasteiger partial charge is 0.213 e. The number of pyridine rings is 1. The maximum atomic E-state index is 6.06. The molecular formula is C33H49NO2. The summed E-state index contributed by atoms with van der Waals surface area (Å²) in [6, 6.07) is 14.8. The van der Waals surface area contributed by atoms with E-state index in [9.17, 15) is 0 Å².